The first-order valence-corrected chi connectivity index (χ1v) is 8.23. The van der Waals surface area contributed by atoms with Crippen LogP contribution in [0.5, 0.6) is 0 Å². The van der Waals surface area contributed by atoms with Crippen molar-refractivity contribution in [3.63, 3.8) is 0 Å². The second-order valence-electron chi connectivity index (χ2n) is 6.12. The molecule has 1 aliphatic heterocycles. The van der Waals surface area contributed by atoms with Gasteiger partial charge in [-0.1, -0.05) is 19.1 Å². The van der Waals surface area contributed by atoms with Crippen LogP contribution < -0.4 is 0 Å². The van der Waals surface area contributed by atoms with Gasteiger partial charge in [0.15, 0.2) is 0 Å². The number of aryl methyl sites for hydroxylation is 1. The van der Waals surface area contributed by atoms with Gasteiger partial charge in [0.2, 0.25) is 0 Å². The zero-order valence-electron chi connectivity index (χ0n) is 14.1. The van der Waals surface area contributed by atoms with Gasteiger partial charge in [0.25, 0.3) is 5.91 Å². The van der Waals surface area contributed by atoms with E-state index in [0.29, 0.717) is 5.56 Å². The maximum atomic E-state index is 12.8. The molecule has 0 spiro atoms. The topological polar surface area (TPSA) is 41.4 Å². The van der Waals surface area contributed by atoms with Gasteiger partial charge in [-0.3, -0.25) is 4.79 Å². The molecule has 1 aromatic heterocycles. The largest absolute Gasteiger partial charge is 0.336 e. The Kier molecular flexibility index (Phi) is 4.48. The molecule has 0 aliphatic carbocycles. The van der Waals surface area contributed by atoms with Gasteiger partial charge in [-0.15, -0.1) is 0 Å². The Morgan fingerprint density at radius 2 is 1.91 bits per heavy atom. The summed E-state index contributed by atoms with van der Waals surface area (Å²) in [5, 5.41) is 4.43. The highest BCUT2D eigenvalue weighted by molar-refractivity contribution is 5.95. The number of likely N-dealkylation sites (N-methyl/N-ethyl adjacent to an activating group) is 1. The van der Waals surface area contributed by atoms with Crippen LogP contribution in [-0.2, 0) is 0 Å². The summed E-state index contributed by atoms with van der Waals surface area (Å²) in [6.45, 7) is 10.7. The van der Waals surface area contributed by atoms with Gasteiger partial charge in [-0.25, -0.2) is 4.68 Å². The lowest BCUT2D eigenvalue weighted by Crippen LogP contribution is -2.48. The minimum atomic E-state index is 0.0946. The molecule has 3 rings (SSSR count). The van der Waals surface area contributed by atoms with E-state index in [9.17, 15) is 4.79 Å². The predicted octanol–water partition coefficient (Wildman–Crippen LogP) is 2.27. The van der Waals surface area contributed by atoms with Crippen LogP contribution in [0, 0.1) is 13.8 Å². The maximum Gasteiger partial charge on any atom is 0.257 e. The second kappa shape index (κ2) is 6.54. The van der Waals surface area contributed by atoms with E-state index in [-0.39, 0.29) is 5.91 Å². The van der Waals surface area contributed by atoms with Crippen molar-refractivity contribution in [2.45, 2.75) is 20.8 Å². The Morgan fingerprint density at radius 1 is 1.17 bits per heavy atom. The van der Waals surface area contributed by atoms with Gasteiger partial charge in [0.05, 0.1) is 23.1 Å². The average Bonchev–Trinajstić information content (AvgIpc) is 2.96. The molecule has 2 aromatic rings. The summed E-state index contributed by atoms with van der Waals surface area (Å²) < 4.78 is 1.85. The Bertz CT molecular complexity index is 699. The Labute approximate surface area is 137 Å². The molecule has 5 heteroatoms. The number of hydrogen-bond donors (Lipinski definition) is 0. The van der Waals surface area contributed by atoms with Crippen molar-refractivity contribution < 1.29 is 4.79 Å². The fourth-order valence-electron chi connectivity index (χ4n) is 3.08. The van der Waals surface area contributed by atoms with Gasteiger partial charge in [-0.05, 0) is 38.1 Å². The van der Waals surface area contributed by atoms with Crippen molar-refractivity contribution in [3.05, 3.63) is 47.3 Å². The maximum absolute atomic E-state index is 12.8. The minimum Gasteiger partial charge on any atom is -0.336 e. The number of aromatic nitrogens is 2. The first-order chi connectivity index (χ1) is 11.1. The highest BCUT2D eigenvalue weighted by atomic mass is 16.2. The lowest BCUT2D eigenvalue weighted by Gasteiger charge is -2.34. The Balaban J connectivity index is 1.80. The quantitative estimate of drug-likeness (QED) is 0.873. The van der Waals surface area contributed by atoms with Gasteiger partial charge in [0.1, 0.15) is 0 Å². The van der Waals surface area contributed by atoms with Gasteiger partial charge in [-0.2, -0.15) is 5.10 Å². The van der Waals surface area contributed by atoms with Crippen molar-refractivity contribution in [1.82, 2.24) is 19.6 Å². The van der Waals surface area contributed by atoms with Crippen LogP contribution in [0.3, 0.4) is 0 Å². The van der Waals surface area contributed by atoms with Crippen LogP contribution in [0.1, 0.15) is 28.5 Å². The molecule has 5 nitrogen and oxygen atoms in total. The first kappa shape index (κ1) is 15.7. The van der Waals surface area contributed by atoms with Crippen LogP contribution in [0.2, 0.25) is 0 Å². The van der Waals surface area contributed by atoms with Crippen LogP contribution in [0.15, 0.2) is 30.5 Å². The van der Waals surface area contributed by atoms with Crippen LogP contribution >= 0.6 is 0 Å². The van der Waals surface area contributed by atoms with E-state index in [2.05, 4.69) is 36.0 Å². The third-order valence-electron chi connectivity index (χ3n) is 4.59. The molecule has 1 aromatic carbocycles. The predicted molar refractivity (Wildman–Crippen MR) is 91.1 cm³/mol. The molecule has 0 atom stereocenters. The van der Waals surface area contributed by atoms with E-state index in [0.717, 1.165) is 44.1 Å². The zero-order valence-corrected chi connectivity index (χ0v) is 14.1. The van der Waals surface area contributed by atoms with E-state index < -0.39 is 0 Å². The van der Waals surface area contributed by atoms with E-state index in [1.165, 1.54) is 5.56 Å². The zero-order chi connectivity index (χ0) is 16.4. The fraction of sp³-hybridized carbons (Fsp3) is 0.444. The number of piperazine rings is 1. The number of carbonyl (C=O) groups is 1. The fourth-order valence-corrected chi connectivity index (χ4v) is 3.08. The third kappa shape index (κ3) is 3.15. The molecule has 1 aliphatic rings. The minimum absolute atomic E-state index is 0.0946. The van der Waals surface area contributed by atoms with Crippen molar-refractivity contribution in [2.75, 3.05) is 32.7 Å². The number of rotatable bonds is 3. The monoisotopic (exact) mass is 312 g/mol. The number of benzene rings is 1. The molecule has 122 valence electrons. The molecule has 23 heavy (non-hydrogen) atoms. The molecule has 2 heterocycles. The smallest absolute Gasteiger partial charge is 0.257 e. The standard InChI is InChI=1S/C18H24N4O/c1-4-20-8-10-21(11-9-20)18(23)17-13-19-22(15(17)3)16-7-5-6-14(2)12-16/h5-7,12-13H,4,8-11H2,1-3H3. The van der Waals surface area contributed by atoms with Gasteiger partial charge < -0.3 is 9.80 Å². The molecule has 1 amide bonds. The molecule has 0 radical (unpaired) electrons. The molecule has 0 N–H and O–H groups in total. The lowest BCUT2D eigenvalue weighted by molar-refractivity contribution is 0.0642. The number of carbonyl (C=O) groups excluding carboxylic acids is 1. The summed E-state index contributed by atoms with van der Waals surface area (Å²) in [5.41, 5.74) is 3.79. The summed E-state index contributed by atoms with van der Waals surface area (Å²) in [6.07, 6.45) is 1.70. The van der Waals surface area contributed by atoms with Crippen molar-refractivity contribution in [1.29, 1.82) is 0 Å². The molecule has 0 bridgehead atoms. The Morgan fingerprint density at radius 3 is 2.57 bits per heavy atom. The summed E-state index contributed by atoms with van der Waals surface area (Å²) in [7, 11) is 0. The molecule has 0 saturated carbocycles. The molecule has 0 unspecified atom stereocenters. The van der Waals surface area contributed by atoms with Crippen LogP contribution in [0.25, 0.3) is 5.69 Å². The van der Waals surface area contributed by atoms with E-state index in [1.807, 2.05) is 28.6 Å². The molecular formula is C18H24N4O. The van der Waals surface area contributed by atoms with Crippen molar-refractivity contribution in [3.8, 4) is 5.69 Å². The van der Waals surface area contributed by atoms with Crippen molar-refractivity contribution >= 4 is 5.91 Å². The molecule has 1 saturated heterocycles. The Hall–Kier alpha value is -2.14. The summed E-state index contributed by atoms with van der Waals surface area (Å²) in [4.78, 5) is 17.1. The van der Waals surface area contributed by atoms with Gasteiger partial charge >= 0.3 is 0 Å². The number of hydrogen-bond acceptors (Lipinski definition) is 3. The first-order valence-electron chi connectivity index (χ1n) is 8.23. The second-order valence-corrected chi connectivity index (χ2v) is 6.12. The van der Waals surface area contributed by atoms with E-state index in [1.54, 1.807) is 6.20 Å². The van der Waals surface area contributed by atoms with E-state index in [4.69, 9.17) is 0 Å². The summed E-state index contributed by atoms with van der Waals surface area (Å²) in [6, 6.07) is 8.16. The summed E-state index contributed by atoms with van der Waals surface area (Å²) in [5.74, 6) is 0.0946. The highest BCUT2D eigenvalue weighted by Gasteiger charge is 2.24. The summed E-state index contributed by atoms with van der Waals surface area (Å²) >= 11 is 0. The van der Waals surface area contributed by atoms with Crippen LogP contribution in [-0.4, -0.2) is 58.2 Å². The average molecular weight is 312 g/mol. The SMILES string of the molecule is CCN1CCN(C(=O)c2cnn(-c3cccc(C)c3)c2C)CC1. The number of nitrogens with zero attached hydrogens (tertiary/aromatic N) is 4. The highest BCUT2D eigenvalue weighted by Crippen LogP contribution is 2.17. The molecular weight excluding hydrogens is 288 g/mol. The molecule has 1 fully saturated rings. The normalized spacial score (nSPS) is 15.9. The van der Waals surface area contributed by atoms with Crippen molar-refractivity contribution in [2.24, 2.45) is 0 Å². The van der Waals surface area contributed by atoms with Crippen LogP contribution in [0.4, 0.5) is 0 Å². The lowest BCUT2D eigenvalue weighted by atomic mass is 10.2. The number of amides is 1. The van der Waals surface area contributed by atoms with E-state index >= 15 is 0 Å². The van der Waals surface area contributed by atoms with Gasteiger partial charge in [0, 0.05) is 26.2 Å². The third-order valence-corrected chi connectivity index (χ3v) is 4.59.